The number of benzene rings is 2. The summed E-state index contributed by atoms with van der Waals surface area (Å²) in [6.45, 7) is 0. The number of nitrogens with one attached hydrogen (secondary N) is 1. The fraction of sp³-hybridized carbons (Fsp3) is 0.0556. The maximum atomic E-state index is 12.2. The predicted molar refractivity (Wildman–Crippen MR) is 101 cm³/mol. The van der Waals surface area contributed by atoms with Crippen molar-refractivity contribution in [2.75, 3.05) is 7.11 Å². The van der Waals surface area contributed by atoms with Crippen molar-refractivity contribution >= 4 is 46.3 Å². The number of hydrogen-bond acceptors (Lipinski definition) is 6. The standard InChI is InChI=1S/C18H13NO4S2/c1-22-14-9-11(10-15-16(20)19-18(24)25-15)7-8-13(14)23-17(21)12-5-3-2-4-6-12/h2-10H,1H3,(H,19,20,24). The zero-order valence-electron chi connectivity index (χ0n) is 13.1. The first-order chi connectivity index (χ1) is 12.1. The van der Waals surface area contributed by atoms with Gasteiger partial charge in [0, 0.05) is 0 Å². The molecule has 0 atom stereocenters. The molecular weight excluding hydrogens is 358 g/mol. The van der Waals surface area contributed by atoms with E-state index in [9.17, 15) is 9.59 Å². The molecule has 0 aliphatic carbocycles. The lowest BCUT2D eigenvalue weighted by atomic mass is 10.2. The van der Waals surface area contributed by atoms with E-state index in [0.29, 0.717) is 26.3 Å². The van der Waals surface area contributed by atoms with E-state index < -0.39 is 5.97 Å². The molecule has 0 radical (unpaired) electrons. The molecule has 1 N–H and O–H groups in total. The summed E-state index contributed by atoms with van der Waals surface area (Å²) in [5.74, 6) is -0.00297. The second-order valence-electron chi connectivity index (χ2n) is 5.02. The Hall–Kier alpha value is -2.64. The van der Waals surface area contributed by atoms with Gasteiger partial charge in [0.05, 0.1) is 17.6 Å². The van der Waals surface area contributed by atoms with Gasteiger partial charge in [0.25, 0.3) is 5.91 Å². The van der Waals surface area contributed by atoms with Crippen molar-refractivity contribution in [1.29, 1.82) is 0 Å². The monoisotopic (exact) mass is 371 g/mol. The summed E-state index contributed by atoms with van der Waals surface area (Å²) in [5.41, 5.74) is 1.18. The zero-order chi connectivity index (χ0) is 17.8. The number of esters is 1. The molecule has 1 aliphatic heterocycles. The van der Waals surface area contributed by atoms with Gasteiger partial charge in [0.1, 0.15) is 4.32 Å². The van der Waals surface area contributed by atoms with Gasteiger partial charge in [0.15, 0.2) is 11.5 Å². The van der Waals surface area contributed by atoms with E-state index in [4.69, 9.17) is 21.7 Å². The van der Waals surface area contributed by atoms with Crippen LogP contribution in [0.1, 0.15) is 15.9 Å². The predicted octanol–water partition coefficient (Wildman–Crippen LogP) is 3.40. The van der Waals surface area contributed by atoms with Crippen LogP contribution in [0.5, 0.6) is 11.5 Å². The van der Waals surface area contributed by atoms with Gasteiger partial charge in [0.2, 0.25) is 0 Å². The molecule has 5 nitrogen and oxygen atoms in total. The highest BCUT2D eigenvalue weighted by Crippen LogP contribution is 2.32. The highest BCUT2D eigenvalue weighted by Gasteiger charge is 2.22. The third-order valence-corrected chi connectivity index (χ3v) is 4.50. The minimum absolute atomic E-state index is 0.228. The third kappa shape index (κ3) is 4.07. The second kappa shape index (κ2) is 7.50. The van der Waals surface area contributed by atoms with Gasteiger partial charge in [-0.2, -0.15) is 0 Å². The highest BCUT2D eigenvalue weighted by atomic mass is 32.2. The molecule has 1 aliphatic rings. The molecule has 3 rings (SSSR count). The van der Waals surface area contributed by atoms with Crippen LogP contribution in [0.15, 0.2) is 53.4 Å². The molecular formula is C18H13NO4S2. The summed E-state index contributed by atoms with van der Waals surface area (Å²) >= 11 is 6.16. The van der Waals surface area contributed by atoms with Gasteiger partial charge in [-0.3, -0.25) is 4.79 Å². The summed E-state index contributed by atoms with van der Waals surface area (Å²) in [7, 11) is 1.48. The Bertz CT molecular complexity index is 878. The molecule has 2 aromatic carbocycles. The number of carbonyl (C=O) groups excluding carboxylic acids is 2. The summed E-state index contributed by atoms with van der Waals surface area (Å²) in [6, 6.07) is 13.7. The van der Waals surface area contributed by atoms with Gasteiger partial charge < -0.3 is 14.8 Å². The van der Waals surface area contributed by atoms with Crippen LogP contribution >= 0.6 is 24.0 Å². The van der Waals surface area contributed by atoms with Crippen LogP contribution in [0.3, 0.4) is 0 Å². The van der Waals surface area contributed by atoms with Crippen molar-refractivity contribution in [2.24, 2.45) is 0 Å². The van der Waals surface area contributed by atoms with E-state index in [0.717, 1.165) is 5.56 Å². The Labute approximate surface area is 154 Å². The first-order valence-electron chi connectivity index (χ1n) is 7.27. The van der Waals surface area contributed by atoms with Gasteiger partial charge in [-0.1, -0.05) is 48.2 Å². The van der Waals surface area contributed by atoms with Crippen molar-refractivity contribution in [1.82, 2.24) is 5.32 Å². The molecule has 1 fully saturated rings. The second-order valence-corrected chi connectivity index (χ2v) is 6.74. The van der Waals surface area contributed by atoms with E-state index in [1.54, 1.807) is 48.5 Å². The first kappa shape index (κ1) is 17.2. The molecule has 0 unspecified atom stereocenters. The topological polar surface area (TPSA) is 64.6 Å². The van der Waals surface area contributed by atoms with E-state index in [1.807, 2.05) is 6.07 Å². The third-order valence-electron chi connectivity index (χ3n) is 3.34. The Morgan fingerprint density at radius 3 is 2.56 bits per heavy atom. The summed E-state index contributed by atoms with van der Waals surface area (Å²) in [4.78, 5) is 24.4. The highest BCUT2D eigenvalue weighted by molar-refractivity contribution is 8.26. The number of amides is 1. The van der Waals surface area contributed by atoms with Crippen LogP contribution in [-0.2, 0) is 4.79 Å². The molecule has 126 valence electrons. The van der Waals surface area contributed by atoms with E-state index >= 15 is 0 Å². The molecule has 1 amide bonds. The van der Waals surface area contributed by atoms with Crippen LogP contribution in [0.4, 0.5) is 0 Å². The number of hydrogen-bond donors (Lipinski definition) is 1. The lowest BCUT2D eigenvalue weighted by molar-refractivity contribution is -0.115. The Morgan fingerprint density at radius 1 is 1.16 bits per heavy atom. The first-order valence-corrected chi connectivity index (χ1v) is 8.49. The molecule has 0 spiro atoms. The molecule has 25 heavy (non-hydrogen) atoms. The number of methoxy groups -OCH3 is 1. The summed E-state index contributed by atoms with van der Waals surface area (Å²) in [5, 5.41) is 2.56. The minimum Gasteiger partial charge on any atom is -0.493 e. The van der Waals surface area contributed by atoms with E-state index in [1.165, 1.54) is 18.9 Å². The van der Waals surface area contributed by atoms with Crippen LogP contribution in [0.2, 0.25) is 0 Å². The molecule has 0 aromatic heterocycles. The van der Waals surface area contributed by atoms with Gasteiger partial charge >= 0.3 is 5.97 Å². The average Bonchev–Trinajstić information content (AvgIpc) is 2.94. The van der Waals surface area contributed by atoms with Crippen LogP contribution in [0.25, 0.3) is 6.08 Å². The van der Waals surface area contributed by atoms with Crippen molar-refractivity contribution in [2.45, 2.75) is 0 Å². The van der Waals surface area contributed by atoms with Gasteiger partial charge in [-0.25, -0.2) is 4.79 Å². The Balaban J connectivity index is 1.83. The number of carbonyl (C=O) groups is 2. The van der Waals surface area contributed by atoms with Crippen LogP contribution in [0, 0.1) is 0 Å². The largest absolute Gasteiger partial charge is 0.493 e. The fourth-order valence-corrected chi connectivity index (χ4v) is 3.21. The number of thioether (sulfide) groups is 1. The fourth-order valence-electron chi connectivity index (χ4n) is 2.16. The minimum atomic E-state index is -0.471. The van der Waals surface area contributed by atoms with Crippen LogP contribution < -0.4 is 14.8 Å². The van der Waals surface area contributed by atoms with Crippen molar-refractivity contribution in [3.8, 4) is 11.5 Å². The molecule has 2 aromatic rings. The maximum Gasteiger partial charge on any atom is 0.343 e. The van der Waals surface area contributed by atoms with Gasteiger partial charge in [-0.05, 0) is 35.9 Å². The lowest BCUT2D eigenvalue weighted by Crippen LogP contribution is -2.17. The van der Waals surface area contributed by atoms with Crippen molar-refractivity contribution < 1.29 is 19.1 Å². The van der Waals surface area contributed by atoms with E-state index in [-0.39, 0.29) is 5.91 Å². The summed E-state index contributed by atoms with van der Waals surface area (Å²) in [6.07, 6.45) is 1.70. The van der Waals surface area contributed by atoms with E-state index in [2.05, 4.69) is 5.32 Å². The van der Waals surface area contributed by atoms with Crippen molar-refractivity contribution in [3.63, 3.8) is 0 Å². The normalized spacial score (nSPS) is 15.2. The number of rotatable bonds is 4. The number of thiocarbonyl (C=S) groups is 1. The SMILES string of the molecule is COc1cc(C=C2SC(=S)NC2=O)ccc1OC(=O)c1ccccc1. The Kier molecular flexibility index (Phi) is 5.16. The molecule has 1 saturated heterocycles. The Morgan fingerprint density at radius 2 is 1.92 bits per heavy atom. The molecule has 0 saturated carbocycles. The maximum absolute atomic E-state index is 12.2. The average molecular weight is 371 g/mol. The zero-order valence-corrected chi connectivity index (χ0v) is 14.8. The van der Waals surface area contributed by atoms with Crippen molar-refractivity contribution in [3.05, 3.63) is 64.6 Å². The lowest BCUT2D eigenvalue weighted by Gasteiger charge is -2.10. The van der Waals surface area contributed by atoms with Crippen LogP contribution in [-0.4, -0.2) is 23.3 Å². The molecule has 7 heteroatoms. The molecule has 0 bridgehead atoms. The molecule has 1 heterocycles. The quantitative estimate of drug-likeness (QED) is 0.385. The summed E-state index contributed by atoms with van der Waals surface area (Å²) < 4.78 is 11.1. The number of ether oxygens (including phenoxy) is 2. The van der Waals surface area contributed by atoms with Gasteiger partial charge in [-0.15, -0.1) is 0 Å². The smallest absolute Gasteiger partial charge is 0.343 e.